The van der Waals surface area contributed by atoms with Crippen molar-refractivity contribution in [3.05, 3.63) is 217 Å². The first-order valence-corrected chi connectivity index (χ1v) is 20.8. The molecule has 12 rings (SSSR count). The number of fused-ring (bicyclic) bond motifs is 9. The molecular weight excluding hydrogens is 709 g/mol. The van der Waals surface area contributed by atoms with E-state index in [0.717, 1.165) is 0 Å². The van der Waals surface area contributed by atoms with Crippen molar-refractivity contribution in [2.75, 3.05) is 0 Å². The molecule has 0 bridgehead atoms. The van der Waals surface area contributed by atoms with E-state index >= 15 is 0 Å². The van der Waals surface area contributed by atoms with Gasteiger partial charge in [0.25, 0.3) is 0 Å². The summed E-state index contributed by atoms with van der Waals surface area (Å²) in [6, 6.07) is 77.0. The minimum Gasteiger partial charge on any atom is -0.0622 e. The molecule has 59 heavy (non-hydrogen) atoms. The zero-order chi connectivity index (χ0) is 39.2. The van der Waals surface area contributed by atoms with Crippen molar-refractivity contribution in [3.63, 3.8) is 0 Å². The second-order valence-corrected chi connectivity index (χ2v) is 16.7. The van der Waals surface area contributed by atoms with Crippen LogP contribution in [0.2, 0.25) is 0 Å². The molecule has 0 heteroatoms. The van der Waals surface area contributed by atoms with E-state index in [1.54, 1.807) is 0 Å². The molecule has 0 unspecified atom stereocenters. The van der Waals surface area contributed by atoms with Gasteiger partial charge >= 0.3 is 0 Å². The molecule has 0 saturated carbocycles. The Morgan fingerprint density at radius 3 is 1.24 bits per heavy atom. The van der Waals surface area contributed by atoms with Crippen LogP contribution in [0.15, 0.2) is 206 Å². The Balaban J connectivity index is 1.27. The largest absolute Gasteiger partial charge is 0.0622 e. The first kappa shape index (κ1) is 33.8. The number of benzene rings is 11. The van der Waals surface area contributed by atoms with Gasteiger partial charge in [0.15, 0.2) is 0 Å². The van der Waals surface area contributed by atoms with E-state index in [4.69, 9.17) is 0 Å². The lowest BCUT2D eigenvalue weighted by Crippen LogP contribution is -2.15. The van der Waals surface area contributed by atoms with Crippen molar-refractivity contribution in [1.29, 1.82) is 0 Å². The van der Waals surface area contributed by atoms with Gasteiger partial charge < -0.3 is 0 Å². The minimum absolute atomic E-state index is 0.149. The van der Waals surface area contributed by atoms with E-state index in [1.165, 1.54) is 121 Å². The maximum Gasteiger partial charge on any atom is 0.0159 e. The van der Waals surface area contributed by atoms with Crippen molar-refractivity contribution in [1.82, 2.24) is 0 Å². The molecule has 0 fully saturated rings. The Morgan fingerprint density at radius 1 is 0.237 bits per heavy atom. The van der Waals surface area contributed by atoms with E-state index in [2.05, 4.69) is 220 Å². The molecule has 11 aromatic carbocycles. The van der Waals surface area contributed by atoms with Crippen molar-refractivity contribution >= 4 is 53.9 Å². The van der Waals surface area contributed by atoms with Gasteiger partial charge in [-0.1, -0.05) is 208 Å². The summed E-state index contributed by atoms with van der Waals surface area (Å²) in [4.78, 5) is 0. The van der Waals surface area contributed by atoms with Crippen LogP contribution in [0.25, 0.3) is 109 Å². The Labute approximate surface area is 344 Å². The van der Waals surface area contributed by atoms with Crippen molar-refractivity contribution in [3.8, 4) is 55.6 Å². The van der Waals surface area contributed by atoms with Crippen LogP contribution in [0, 0.1) is 0 Å². The molecule has 0 saturated heterocycles. The first-order chi connectivity index (χ1) is 29.1. The molecule has 0 nitrogen and oxygen atoms in total. The molecule has 276 valence electrons. The van der Waals surface area contributed by atoms with Crippen LogP contribution in [-0.4, -0.2) is 0 Å². The Bertz CT molecular complexity index is 3440. The highest BCUT2D eigenvalue weighted by molar-refractivity contribution is 6.31. The summed E-state index contributed by atoms with van der Waals surface area (Å²) in [6.07, 6.45) is 0. The van der Waals surface area contributed by atoms with Gasteiger partial charge in [-0.15, -0.1) is 0 Å². The van der Waals surface area contributed by atoms with Gasteiger partial charge in [0.05, 0.1) is 0 Å². The number of rotatable bonds is 4. The molecule has 0 atom stereocenters. The fraction of sp³-hybridized carbons (Fsp3) is 0.0508. The maximum atomic E-state index is 2.55. The van der Waals surface area contributed by atoms with Crippen LogP contribution in [0.1, 0.15) is 25.0 Å². The summed E-state index contributed by atoms with van der Waals surface area (Å²) in [5, 5.41) is 12.7. The third-order valence-electron chi connectivity index (χ3n) is 13.2. The highest BCUT2D eigenvalue weighted by Crippen LogP contribution is 2.56. The minimum atomic E-state index is -0.149. The Morgan fingerprint density at radius 2 is 0.661 bits per heavy atom. The van der Waals surface area contributed by atoms with Gasteiger partial charge in [0, 0.05) is 5.41 Å². The quantitative estimate of drug-likeness (QED) is 0.157. The summed E-state index contributed by atoms with van der Waals surface area (Å²) >= 11 is 0. The van der Waals surface area contributed by atoms with Crippen LogP contribution in [0.5, 0.6) is 0 Å². The van der Waals surface area contributed by atoms with Crippen LogP contribution in [-0.2, 0) is 5.41 Å². The lowest BCUT2D eigenvalue weighted by molar-refractivity contribution is 0.661. The molecular formula is C59H40. The molecule has 0 radical (unpaired) electrons. The molecule has 0 aromatic heterocycles. The molecule has 0 aliphatic heterocycles. The third-order valence-corrected chi connectivity index (χ3v) is 13.2. The predicted molar refractivity (Wildman–Crippen MR) is 253 cm³/mol. The SMILES string of the molecule is CC1(C)c2ccccc2-c2c1cc(-c1c3ccccc3c(-c3c4ccccc4c(-c4ccccc4)c4ccccc34)c3ccc(-c4ccccc4)cc13)c1ccccc21. The zero-order valence-electron chi connectivity index (χ0n) is 33.1. The molecule has 1 aliphatic rings. The maximum absolute atomic E-state index is 2.55. The van der Waals surface area contributed by atoms with E-state index in [9.17, 15) is 0 Å². The summed E-state index contributed by atoms with van der Waals surface area (Å²) in [6.45, 7) is 4.80. The molecule has 0 amide bonds. The first-order valence-electron chi connectivity index (χ1n) is 20.8. The molecule has 11 aromatic rings. The Hall–Kier alpha value is -7.28. The molecule has 0 spiro atoms. The summed E-state index contributed by atoms with van der Waals surface area (Å²) in [5.41, 5.74) is 15.4. The second-order valence-electron chi connectivity index (χ2n) is 16.7. The van der Waals surface area contributed by atoms with Crippen LogP contribution in [0.4, 0.5) is 0 Å². The van der Waals surface area contributed by atoms with E-state index in [-0.39, 0.29) is 5.41 Å². The molecule has 0 N–H and O–H groups in total. The topological polar surface area (TPSA) is 0 Å². The normalized spacial score (nSPS) is 13.1. The standard InChI is InChI=1S/C59H40/c1-59(2)52-32-18-17-31-49(52)56-41-24-10-9-23-40(41)51(36-53(56)59)55-44-27-13-16-30-47(44)58(48-34-33-39(35-50(48)55)37-19-5-3-6-20-37)57-45-28-14-11-25-42(45)54(38-21-7-4-8-22-38)43-26-12-15-29-46(43)57/h3-36H,1-2H3. The third kappa shape index (κ3) is 4.90. The highest BCUT2D eigenvalue weighted by atomic mass is 14.4. The number of hydrogen-bond acceptors (Lipinski definition) is 0. The monoisotopic (exact) mass is 748 g/mol. The van der Waals surface area contributed by atoms with Crippen molar-refractivity contribution in [2.45, 2.75) is 19.3 Å². The van der Waals surface area contributed by atoms with Crippen LogP contribution >= 0.6 is 0 Å². The lowest BCUT2D eigenvalue weighted by Gasteiger charge is -2.25. The van der Waals surface area contributed by atoms with Gasteiger partial charge in [-0.2, -0.15) is 0 Å². The fourth-order valence-corrected chi connectivity index (χ4v) is 10.6. The summed E-state index contributed by atoms with van der Waals surface area (Å²) in [7, 11) is 0. The van der Waals surface area contributed by atoms with Gasteiger partial charge in [0.2, 0.25) is 0 Å². The van der Waals surface area contributed by atoms with Crippen LogP contribution < -0.4 is 0 Å². The second kappa shape index (κ2) is 12.9. The smallest absolute Gasteiger partial charge is 0.0159 e. The van der Waals surface area contributed by atoms with Crippen LogP contribution in [0.3, 0.4) is 0 Å². The summed E-state index contributed by atoms with van der Waals surface area (Å²) in [5.74, 6) is 0. The zero-order valence-corrected chi connectivity index (χ0v) is 33.1. The van der Waals surface area contributed by atoms with Crippen molar-refractivity contribution in [2.24, 2.45) is 0 Å². The lowest BCUT2D eigenvalue weighted by atomic mass is 9.78. The average molecular weight is 749 g/mol. The average Bonchev–Trinajstić information content (AvgIpc) is 3.53. The van der Waals surface area contributed by atoms with Gasteiger partial charge in [-0.3, -0.25) is 0 Å². The molecule has 0 heterocycles. The molecule has 1 aliphatic carbocycles. The van der Waals surface area contributed by atoms with Crippen molar-refractivity contribution < 1.29 is 0 Å². The predicted octanol–water partition coefficient (Wildman–Crippen LogP) is 16.4. The van der Waals surface area contributed by atoms with E-state index in [1.807, 2.05) is 0 Å². The van der Waals surface area contributed by atoms with Gasteiger partial charge in [-0.05, 0) is 133 Å². The summed E-state index contributed by atoms with van der Waals surface area (Å²) < 4.78 is 0. The Kier molecular flexibility index (Phi) is 7.38. The number of hydrogen-bond donors (Lipinski definition) is 0. The van der Waals surface area contributed by atoms with E-state index in [0.29, 0.717) is 0 Å². The highest BCUT2D eigenvalue weighted by Gasteiger charge is 2.37. The van der Waals surface area contributed by atoms with Gasteiger partial charge in [-0.25, -0.2) is 0 Å². The van der Waals surface area contributed by atoms with E-state index < -0.39 is 0 Å². The fourth-order valence-electron chi connectivity index (χ4n) is 10.6. The van der Waals surface area contributed by atoms with Gasteiger partial charge in [0.1, 0.15) is 0 Å².